The van der Waals surface area contributed by atoms with Gasteiger partial charge in [0.25, 0.3) is 0 Å². The highest BCUT2D eigenvalue weighted by atomic mass is 32.2. The molecule has 0 radical (unpaired) electrons. The zero-order valence-electron chi connectivity index (χ0n) is 12.9. The first-order valence-electron chi connectivity index (χ1n) is 7.37. The smallest absolute Gasteiger partial charge is 0.408 e. The number of pyridine rings is 1. The third kappa shape index (κ3) is 3.01. The Hall–Kier alpha value is -2.72. The average molecular weight is 365 g/mol. The highest BCUT2D eigenvalue weighted by molar-refractivity contribution is 7.89. The third-order valence-electron chi connectivity index (χ3n) is 4.13. The lowest BCUT2D eigenvalue weighted by molar-refractivity contribution is -0.143. The Kier molecular flexibility index (Phi) is 4.31. The van der Waals surface area contributed by atoms with Crippen LogP contribution in [-0.4, -0.2) is 70.6 Å². The fourth-order valence-electron chi connectivity index (χ4n) is 2.87. The summed E-state index contributed by atoms with van der Waals surface area (Å²) in [5.74, 6) is -1.38. The number of hydrogen-bond donors (Lipinski definition) is 2. The van der Waals surface area contributed by atoms with Crippen molar-refractivity contribution in [3.05, 3.63) is 36.7 Å². The third-order valence-corrected chi connectivity index (χ3v) is 6.06. The summed E-state index contributed by atoms with van der Waals surface area (Å²) < 4.78 is 27.0. The summed E-state index contributed by atoms with van der Waals surface area (Å²) in [4.78, 5) is 27.2. The number of benzene rings is 1. The minimum Gasteiger partial charge on any atom is -0.480 e. The van der Waals surface area contributed by atoms with Crippen molar-refractivity contribution < 1.29 is 28.2 Å². The lowest BCUT2D eigenvalue weighted by atomic mass is 10.2. The van der Waals surface area contributed by atoms with Crippen molar-refractivity contribution in [1.29, 1.82) is 0 Å². The number of amides is 1. The first-order chi connectivity index (χ1) is 11.8. The monoisotopic (exact) mass is 365 g/mol. The molecule has 1 atom stereocenters. The number of aliphatic carboxylic acids is 1. The van der Waals surface area contributed by atoms with Gasteiger partial charge in [-0.3, -0.25) is 9.88 Å². The van der Waals surface area contributed by atoms with E-state index in [0.717, 1.165) is 9.21 Å². The molecule has 1 aliphatic heterocycles. The summed E-state index contributed by atoms with van der Waals surface area (Å²) in [6, 6.07) is 4.88. The van der Waals surface area contributed by atoms with Crippen LogP contribution in [0.1, 0.15) is 0 Å². The normalized spacial score (nSPS) is 19.0. The quantitative estimate of drug-likeness (QED) is 0.818. The summed E-state index contributed by atoms with van der Waals surface area (Å²) in [6.07, 6.45) is 1.63. The van der Waals surface area contributed by atoms with Crippen LogP contribution in [0.25, 0.3) is 10.8 Å². The van der Waals surface area contributed by atoms with Gasteiger partial charge in [0.15, 0.2) is 0 Å². The van der Waals surface area contributed by atoms with Crippen LogP contribution in [0.2, 0.25) is 0 Å². The second-order valence-corrected chi connectivity index (χ2v) is 7.45. The molecule has 2 heterocycles. The molecular formula is C15H15N3O6S. The van der Waals surface area contributed by atoms with E-state index in [2.05, 4.69) is 4.98 Å². The lowest BCUT2D eigenvalue weighted by Gasteiger charge is -2.37. The molecule has 2 aromatic rings. The van der Waals surface area contributed by atoms with Crippen LogP contribution in [0, 0.1) is 0 Å². The maximum absolute atomic E-state index is 13.0. The second-order valence-electron chi connectivity index (χ2n) is 5.55. The molecule has 2 N–H and O–H groups in total. The van der Waals surface area contributed by atoms with E-state index in [-0.39, 0.29) is 18.0 Å². The summed E-state index contributed by atoms with van der Waals surface area (Å²) >= 11 is 0. The van der Waals surface area contributed by atoms with Crippen LogP contribution < -0.4 is 0 Å². The Balaban J connectivity index is 2.00. The van der Waals surface area contributed by atoms with Crippen LogP contribution in [0.15, 0.2) is 41.6 Å². The van der Waals surface area contributed by atoms with Crippen molar-refractivity contribution in [2.75, 3.05) is 19.6 Å². The van der Waals surface area contributed by atoms with Gasteiger partial charge in [-0.15, -0.1) is 0 Å². The molecule has 10 heteroatoms. The highest BCUT2D eigenvalue weighted by Crippen LogP contribution is 2.27. The fraction of sp³-hybridized carbons (Fsp3) is 0.267. The maximum atomic E-state index is 13.0. The number of hydrogen-bond acceptors (Lipinski definition) is 5. The van der Waals surface area contributed by atoms with Gasteiger partial charge in [-0.2, -0.15) is 4.31 Å². The molecule has 1 amide bonds. The lowest BCUT2D eigenvalue weighted by Crippen LogP contribution is -2.59. The highest BCUT2D eigenvalue weighted by Gasteiger charge is 2.40. The van der Waals surface area contributed by atoms with Gasteiger partial charge in [-0.1, -0.05) is 12.1 Å². The average Bonchev–Trinajstić information content (AvgIpc) is 2.60. The number of nitrogens with zero attached hydrogens (tertiary/aromatic N) is 3. The second kappa shape index (κ2) is 6.30. The Bertz CT molecular complexity index is 940. The molecule has 3 rings (SSSR count). The van der Waals surface area contributed by atoms with E-state index in [0.29, 0.717) is 10.8 Å². The fourth-order valence-corrected chi connectivity index (χ4v) is 4.53. The first kappa shape index (κ1) is 17.1. The molecular weight excluding hydrogens is 350 g/mol. The van der Waals surface area contributed by atoms with Gasteiger partial charge >= 0.3 is 12.1 Å². The van der Waals surface area contributed by atoms with Crippen molar-refractivity contribution in [2.24, 2.45) is 0 Å². The molecule has 1 fully saturated rings. The molecule has 9 nitrogen and oxygen atoms in total. The Morgan fingerprint density at radius 1 is 1.16 bits per heavy atom. The summed E-state index contributed by atoms with van der Waals surface area (Å²) in [5, 5.41) is 19.5. The number of carboxylic acid groups (broad SMARTS) is 2. The Morgan fingerprint density at radius 3 is 2.60 bits per heavy atom. The SMILES string of the molecule is O=C(O)C1CN(S(=O)(=O)c2cccc3cnccc23)CCN1C(=O)O. The molecule has 132 valence electrons. The molecule has 0 bridgehead atoms. The molecule has 0 spiro atoms. The molecule has 1 aromatic heterocycles. The maximum Gasteiger partial charge on any atom is 0.408 e. The number of carbonyl (C=O) groups is 2. The van der Waals surface area contributed by atoms with Gasteiger partial charge in [-0.25, -0.2) is 18.0 Å². The number of rotatable bonds is 3. The number of sulfonamides is 1. The van der Waals surface area contributed by atoms with Gasteiger partial charge < -0.3 is 10.2 Å². The predicted octanol–water partition coefficient (Wildman–Crippen LogP) is 0.672. The van der Waals surface area contributed by atoms with Gasteiger partial charge in [0.1, 0.15) is 6.04 Å². The first-order valence-corrected chi connectivity index (χ1v) is 8.81. The van der Waals surface area contributed by atoms with E-state index in [9.17, 15) is 23.1 Å². The van der Waals surface area contributed by atoms with Crippen molar-refractivity contribution >= 4 is 32.9 Å². The van der Waals surface area contributed by atoms with Crippen LogP contribution in [0.3, 0.4) is 0 Å². The minimum absolute atomic E-state index is 0.0420. The largest absolute Gasteiger partial charge is 0.480 e. The topological polar surface area (TPSA) is 128 Å². The van der Waals surface area contributed by atoms with Crippen molar-refractivity contribution in [2.45, 2.75) is 10.9 Å². The molecule has 0 saturated carbocycles. The zero-order valence-corrected chi connectivity index (χ0v) is 13.8. The predicted molar refractivity (Wildman–Crippen MR) is 86.7 cm³/mol. The van der Waals surface area contributed by atoms with Gasteiger partial charge in [0.05, 0.1) is 4.90 Å². The molecule has 1 unspecified atom stereocenters. The number of aromatic nitrogens is 1. The van der Waals surface area contributed by atoms with E-state index in [1.54, 1.807) is 18.2 Å². The van der Waals surface area contributed by atoms with Crippen molar-refractivity contribution in [3.63, 3.8) is 0 Å². The summed E-state index contributed by atoms with van der Waals surface area (Å²) in [6.45, 7) is -0.761. The van der Waals surface area contributed by atoms with Crippen LogP contribution in [-0.2, 0) is 14.8 Å². The van der Waals surface area contributed by atoms with E-state index in [4.69, 9.17) is 5.11 Å². The van der Waals surface area contributed by atoms with Gasteiger partial charge in [0.2, 0.25) is 10.0 Å². The van der Waals surface area contributed by atoms with E-state index in [1.807, 2.05) is 0 Å². The standard InChI is InChI=1S/C15H15N3O6S/c19-14(20)12-9-17(6-7-18(12)15(21)22)25(23,24)13-3-1-2-10-8-16-5-4-11(10)13/h1-5,8,12H,6-7,9H2,(H,19,20)(H,21,22). The van der Waals surface area contributed by atoms with Gasteiger partial charge in [0, 0.05) is 42.8 Å². The van der Waals surface area contributed by atoms with E-state index >= 15 is 0 Å². The molecule has 0 aliphatic carbocycles. The minimum atomic E-state index is -3.98. The Labute approximate surface area is 143 Å². The molecule has 1 aromatic carbocycles. The van der Waals surface area contributed by atoms with E-state index in [1.165, 1.54) is 18.5 Å². The van der Waals surface area contributed by atoms with Crippen molar-refractivity contribution in [1.82, 2.24) is 14.2 Å². The number of piperazine rings is 1. The van der Waals surface area contributed by atoms with Crippen LogP contribution in [0.5, 0.6) is 0 Å². The summed E-state index contributed by atoms with van der Waals surface area (Å²) in [7, 11) is -3.98. The van der Waals surface area contributed by atoms with Crippen LogP contribution in [0.4, 0.5) is 4.79 Å². The zero-order chi connectivity index (χ0) is 18.2. The number of fused-ring (bicyclic) bond motifs is 1. The molecule has 1 saturated heterocycles. The molecule has 1 aliphatic rings. The Morgan fingerprint density at radius 2 is 1.92 bits per heavy atom. The van der Waals surface area contributed by atoms with Crippen molar-refractivity contribution in [3.8, 4) is 0 Å². The summed E-state index contributed by atoms with van der Waals surface area (Å²) in [5.41, 5.74) is 0. The van der Waals surface area contributed by atoms with E-state index < -0.39 is 34.7 Å². The number of carboxylic acids is 1. The molecule has 25 heavy (non-hydrogen) atoms. The van der Waals surface area contributed by atoms with Gasteiger partial charge in [-0.05, 0) is 12.1 Å². The van der Waals surface area contributed by atoms with Crippen LogP contribution >= 0.6 is 0 Å².